The van der Waals surface area contributed by atoms with Crippen LogP contribution in [0.5, 0.6) is 5.75 Å². The zero-order chi connectivity index (χ0) is 17.1. The number of benzene rings is 2. The molecule has 1 atom stereocenters. The van der Waals surface area contributed by atoms with Gasteiger partial charge in [-0.25, -0.2) is 4.39 Å². The van der Waals surface area contributed by atoms with Gasteiger partial charge in [0.2, 0.25) is 0 Å². The van der Waals surface area contributed by atoms with Crippen LogP contribution in [0.4, 0.5) is 4.39 Å². The molecule has 0 bridgehead atoms. The van der Waals surface area contributed by atoms with E-state index in [-0.39, 0.29) is 28.8 Å². The number of phenolic OH excluding ortho intramolecular Hbond substituents is 1. The Morgan fingerprint density at radius 2 is 2.04 bits per heavy atom. The Kier molecular flexibility index (Phi) is 4.29. The molecule has 0 aliphatic rings. The minimum absolute atomic E-state index is 0.129. The maximum atomic E-state index is 14.0. The maximum absolute atomic E-state index is 14.0. The lowest BCUT2D eigenvalue weighted by Crippen LogP contribution is -2.26. The van der Waals surface area contributed by atoms with Gasteiger partial charge in [0, 0.05) is 5.56 Å². The van der Waals surface area contributed by atoms with Gasteiger partial charge in [-0.3, -0.25) is 9.89 Å². The second-order valence-electron chi connectivity index (χ2n) is 5.43. The van der Waals surface area contributed by atoms with Gasteiger partial charge in [0.25, 0.3) is 5.91 Å². The number of hydrogen-bond donors (Lipinski definition) is 3. The molecule has 2 aromatic carbocycles. The Balaban J connectivity index is 1.84. The first-order valence-electron chi connectivity index (χ1n) is 7.44. The molecule has 1 heterocycles. The van der Waals surface area contributed by atoms with E-state index in [1.54, 1.807) is 49.4 Å². The summed E-state index contributed by atoms with van der Waals surface area (Å²) >= 11 is 0. The lowest BCUT2D eigenvalue weighted by Gasteiger charge is -2.14. The van der Waals surface area contributed by atoms with Gasteiger partial charge < -0.3 is 10.4 Å². The van der Waals surface area contributed by atoms with Gasteiger partial charge >= 0.3 is 0 Å². The summed E-state index contributed by atoms with van der Waals surface area (Å²) in [5.41, 5.74) is 1.63. The second kappa shape index (κ2) is 6.54. The zero-order valence-corrected chi connectivity index (χ0v) is 13.0. The van der Waals surface area contributed by atoms with Crippen molar-refractivity contribution in [3.8, 4) is 17.0 Å². The Hall–Kier alpha value is -3.15. The fourth-order valence-corrected chi connectivity index (χ4v) is 2.48. The van der Waals surface area contributed by atoms with Crippen molar-refractivity contribution in [3.63, 3.8) is 0 Å². The molecule has 0 fully saturated rings. The molecule has 0 unspecified atom stereocenters. The number of carbonyl (C=O) groups excluding carboxylic acids is 1. The molecule has 3 rings (SSSR count). The normalized spacial score (nSPS) is 11.9. The molecule has 0 spiro atoms. The van der Waals surface area contributed by atoms with Crippen molar-refractivity contribution in [2.45, 2.75) is 13.0 Å². The van der Waals surface area contributed by atoms with E-state index in [0.717, 1.165) is 5.56 Å². The van der Waals surface area contributed by atoms with Gasteiger partial charge in [0.1, 0.15) is 11.6 Å². The molecule has 1 amide bonds. The van der Waals surface area contributed by atoms with Crippen LogP contribution in [0.3, 0.4) is 0 Å². The minimum atomic E-state index is -0.433. The molecule has 122 valence electrons. The molecule has 1 aromatic heterocycles. The van der Waals surface area contributed by atoms with Crippen molar-refractivity contribution in [2.75, 3.05) is 0 Å². The molecule has 0 radical (unpaired) electrons. The van der Waals surface area contributed by atoms with Gasteiger partial charge in [0.05, 0.1) is 23.5 Å². The number of hydrogen-bond acceptors (Lipinski definition) is 3. The molecule has 5 nitrogen and oxygen atoms in total. The summed E-state index contributed by atoms with van der Waals surface area (Å²) < 4.78 is 14.0. The van der Waals surface area contributed by atoms with Crippen molar-refractivity contribution < 1.29 is 14.3 Å². The molecule has 0 saturated carbocycles. The van der Waals surface area contributed by atoms with Crippen molar-refractivity contribution in [3.05, 3.63) is 71.7 Å². The quantitative estimate of drug-likeness (QED) is 0.688. The maximum Gasteiger partial charge on any atom is 0.255 e. The Morgan fingerprint density at radius 1 is 1.25 bits per heavy atom. The number of aromatic hydroxyl groups is 1. The monoisotopic (exact) mass is 325 g/mol. The van der Waals surface area contributed by atoms with Crippen LogP contribution in [0.15, 0.2) is 54.7 Å². The number of aromatic amines is 1. The summed E-state index contributed by atoms with van der Waals surface area (Å²) in [7, 11) is 0. The highest BCUT2D eigenvalue weighted by atomic mass is 19.1. The van der Waals surface area contributed by atoms with Gasteiger partial charge in [-0.2, -0.15) is 5.10 Å². The van der Waals surface area contributed by atoms with E-state index < -0.39 is 5.82 Å². The van der Waals surface area contributed by atoms with Crippen LogP contribution in [0.2, 0.25) is 0 Å². The highest BCUT2D eigenvalue weighted by Gasteiger charge is 2.19. The Morgan fingerprint density at radius 3 is 2.79 bits per heavy atom. The molecule has 0 saturated heterocycles. The molecule has 0 aliphatic heterocycles. The smallest absolute Gasteiger partial charge is 0.255 e. The number of halogens is 1. The number of amides is 1. The van der Waals surface area contributed by atoms with E-state index in [9.17, 15) is 14.3 Å². The number of H-pyrrole nitrogens is 1. The first kappa shape index (κ1) is 15.7. The molecule has 0 aliphatic carbocycles. The number of nitrogens with zero attached hydrogens (tertiary/aromatic N) is 1. The number of rotatable bonds is 4. The molecule has 3 N–H and O–H groups in total. The van der Waals surface area contributed by atoms with Crippen molar-refractivity contribution in [1.82, 2.24) is 15.5 Å². The number of nitrogens with one attached hydrogen (secondary N) is 2. The average Bonchev–Trinajstić information content (AvgIpc) is 3.04. The van der Waals surface area contributed by atoms with Crippen molar-refractivity contribution >= 4 is 5.91 Å². The molecule has 6 heteroatoms. The zero-order valence-electron chi connectivity index (χ0n) is 13.0. The summed E-state index contributed by atoms with van der Waals surface area (Å²) in [5, 5.41) is 18.9. The summed E-state index contributed by atoms with van der Waals surface area (Å²) in [5.74, 6) is -0.682. The van der Waals surface area contributed by atoms with E-state index in [1.807, 2.05) is 0 Å². The topological polar surface area (TPSA) is 78.0 Å². The van der Waals surface area contributed by atoms with Gasteiger partial charge in [-0.05, 0) is 36.8 Å². The number of aromatic nitrogens is 2. The van der Waals surface area contributed by atoms with Crippen LogP contribution in [-0.2, 0) is 0 Å². The standard InChI is InChI=1S/C18H16FN3O2/c1-11(12-5-4-6-13(23)9-12)21-18(24)15-10-20-22-17(15)14-7-2-3-8-16(14)19/h2-11,23H,1H3,(H,20,22)(H,21,24)/t11-/m0/s1. The third kappa shape index (κ3) is 3.12. The summed E-state index contributed by atoms with van der Waals surface area (Å²) in [6.45, 7) is 1.80. The fraction of sp³-hybridized carbons (Fsp3) is 0.111. The summed E-state index contributed by atoms with van der Waals surface area (Å²) in [6.07, 6.45) is 1.37. The van der Waals surface area contributed by atoms with E-state index in [2.05, 4.69) is 15.5 Å². The average molecular weight is 325 g/mol. The highest BCUT2D eigenvalue weighted by Crippen LogP contribution is 2.25. The van der Waals surface area contributed by atoms with E-state index >= 15 is 0 Å². The molecule has 24 heavy (non-hydrogen) atoms. The largest absolute Gasteiger partial charge is 0.508 e. The van der Waals surface area contributed by atoms with Crippen LogP contribution in [0, 0.1) is 5.82 Å². The molecular formula is C18H16FN3O2. The van der Waals surface area contributed by atoms with Crippen LogP contribution in [0.1, 0.15) is 28.9 Å². The summed E-state index contributed by atoms with van der Waals surface area (Å²) in [4.78, 5) is 12.5. The van der Waals surface area contributed by atoms with E-state index in [0.29, 0.717) is 5.69 Å². The first-order chi connectivity index (χ1) is 11.6. The van der Waals surface area contributed by atoms with Gasteiger partial charge in [-0.1, -0.05) is 24.3 Å². The van der Waals surface area contributed by atoms with Crippen LogP contribution in [0.25, 0.3) is 11.3 Å². The van der Waals surface area contributed by atoms with E-state index in [1.165, 1.54) is 12.3 Å². The van der Waals surface area contributed by atoms with Crippen LogP contribution >= 0.6 is 0 Å². The lowest BCUT2D eigenvalue weighted by atomic mass is 10.1. The van der Waals surface area contributed by atoms with Crippen LogP contribution < -0.4 is 5.32 Å². The highest BCUT2D eigenvalue weighted by molar-refractivity contribution is 6.00. The lowest BCUT2D eigenvalue weighted by molar-refractivity contribution is 0.0940. The predicted octanol–water partition coefficient (Wildman–Crippen LogP) is 3.41. The van der Waals surface area contributed by atoms with E-state index in [4.69, 9.17) is 0 Å². The van der Waals surface area contributed by atoms with Crippen molar-refractivity contribution in [2.24, 2.45) is 0 Å². The summed E-state index contributed by atoms with van der Waals surface area (Å²) in [6, 6.07) is 12.5. The third-order valence-electron chi connectivity index (χ3n) is 3.74. The third-order valence-corrected chi connectivity index (χ3v) is 3.74. The fourth-order valence-electron chi connectivity index (χ4n) is 2.48. The van der Waals surface area contributed by atoms with Crippen molar-refractivity contribution in [1.29, 1.82) is 0 Å². The predicted molar refractivity (Wildman–Crippen MR) is 88.0 cm³/mol. The second-order valence-corrected chi connectivity index (χ2v) is 5.43. The van der Waals surface area contributed by atoms with Gasteiger partial charge in [0.15, 0.2) is 0 Å². The Bertz CT molecular complexity index is 876. The SMILES string of the molecule is C[C@H](NC(=O)c1cn[nH]c1-c1ccccc1F)c1cccc(O)c1. The van der Waals surface area contributed by atoms with Gasteiger partial charge in [-0.15, -0.1) is 0 Å². The van der Waals surface area contributed by atoms with Crippen LogP contribution in [-0.4, -0.2) is 21.2 Å². The Labute approximate surface area is 138 Å². The first-order valence-corrected chi connectivity index (χ1v) is 7.44. The number of phenols is 1. The number of carbonyl (C=O) groups is 1. The molecule has 3 aromatic rings. The minimum Gasteiger partial charge on any atom is -0.508 e. The molecular weight excluding hydrogens is 309 g/mol.